The Bertz CT molecular complexity index is 566. The molecular formula is C17H24N2O3S. The van der Waals surface area contributed by atoms with Crippen molar-refractivity contribution in [3.05, 3.63) is 29.8 Å². The Morgan fingerprint density at radius 2 is 1.96 bits per heavy atom. The Labute approximate surface area is 141 Å². The van der Waals surface area contributed by atoms with Crippen LogP contribution in [0.2, 0.25) is 0 Å². The third kappa shape index (κ3) is 4.89. The summed E-state index contributed by atoms with van der Waals surface area (Å²) in [6, 6.07) is 7.05. The summed E-state index contributed by atoms with van der Waals surface area (Å²) in [5, 5.41) is 2.96. The Balaban J connectivity index is 2.00. The van der Waals surface area contributed by atoms with Crippen LogP contribution >= 0.6 is 11.8 Å². The first kappa shape index (κ1) is 17.7. The van der Waals surface area contributed by atoms with Crippen molar-refractivity contribution < 1.29 is 14.3 Å². The highest BCUT2D eigenvalue weighted by Gasteiger charge is 2.35. The molecule has 1 aromatic carbocycles. The summed E-state index contributed by atoms with van der Waals surface area (Å²) in [6.07, 6.45) is 0.295. The molecule has 1 fully saturated rings. The molecule has 1 aromatic rings. The van der Waals surface area contributed by atoms with Crippen molar-refractivity contribution in [3.63, 3.8) is 0 Å². The largest absolute Gasteiger partial charge is 0.497 e. The van der Waals surface area contributed by atoms with Gasteiger partial charge in [-0.05, 0) is 38.5 Å². The molecule has 2 amide bonds. The van der Waals surface area contributed by atoms with Gasteiger partial charge in [0.1, 0.15) is 11.8 Å². The molecule has 5 nitrogen and oxygen atoms in total. The van der Waals surface area contributed by atoms with Crippen LogP contribution in [0.15, 0.2) is 24.3 Å². The van der Waals surface area contributed by atoms with Gasteiger partial charge in [0.05, 0.1) is 19.4 Å². The van der Waals surface area contributed by atoms with E-state index in [4.69, 9.17) is 4.74 Å². The van der Waals surface area contributed by atoms with Crippen LogP contribution in [0.5, 0.6) is 5.75 Å². The first-order chi connectivity index (χ1) is 10.8. The van der Waals surface area contributed by atoms with Crippen molar-refractivity contribution in [1.82, 2.24) is 10.2 Å². The van der Waals surface area contributed by atoms with E-state index in [0.29, 0.717) is 18.1 Å². The highest BCUT2D eigenvalue weighted by molar-refractivity contribution is 7.99. The molecule has 0 saturated carbocycles. The van der Waals surface area contributed by atoms with E-state index in [-0.39, 0.29) is 23.4 Å². The Kier molecular flexibility index (Phi) is 5.57. The second-order valence-corrected chi connectivity index (χ2v) is 7.64. The highest BCUT2D eigenvalue weighted by atomic mass is 32.2. The Morgan fingerprint density at radius 1 is 1.30 bits per heavy atom. The van der Waals surface area contributed by atoms with E-state index in [2.05, 4.69) is 5.32 Å². The minimum atomic E-state index is -0.384. The quantitative estimate of drug-likeness (QED) is 0.914. The summed E-state index contributed by atoms with van der Waals surface area (Å²) in [4.78, 5) is 26.6. The van der Waals surface area contributed by atoms with Gasteiger partial charge in [-0.15, -0.1) is 11.8 Å². The van der Waals surface area contributed by atoms with Gasteiger partial charge in [-0.2, -0.15) is 0 Å². The molecular weight excluding hydrogens is 312 g/mol. The molecule has 1 saturated heterocycles. The first-order valence-corrected chi connectivity index (χ1v) is 8.78. The lowest BCUT2D eigenvalue weighted by molar-refractivity contribution is -0.138. The van der Waals surface area contributed by atoms with Crippen molar-refractivity contribution in [3.8, 4) is 5.75 Å². The summed E-state index contributed by atoms with van der Waals surface area (Å²) in [5.41, 5.74) is 0.623. The van der Waals surface area contributed by atoms with E-state index >= 15 is 0 Å². The lowest BCUT2D eigenvalue weighted by Gasteiger charge is -2.27. The SMILES string of the molecule is COc1ccc(CC(=O)N2CSC[C@H]2C(=O)NC(C)(C)C)cc1. The van der Waals surface area contributed by atoms with Gasteiger partial charge in [0, 0.05) is 11.3 Å². The molecule has 1 aliphatic rings. The van der Waals surface area contributed by atoms with E-state index in [1.165, 1.54) is 0 Å². The van der Waals surface area contributed by atoms with Gasteiger partial charge in [0.15, 0.2) is 0 Å². The average molecular weight is 336 g/mol. The van der Waals surface area contributed by atoms with E-state index < -0.39 is 0 Å². The second kappa shape index (κ2) is 7.25. The molecule has 1 heterocycles. The molecule has 0 unspecified atom stereocenters. The fourth-order valence-corrected chi connectivity index (χ4v) is 3.56. The number of rotatable bonds is 4. The van der Waals surface area contributed by atoms with Crippen molar-refractivity contribution in [2.24, 2.45) is 0 Å². The maximum Gasteiger partial charge on any atom is 0.244 e. The zero-order valence-electron chi connectivity index (χ0n) is 14.1. The number of hydrogen-bond acceptors (Lipinski definition) is 4. The van der Waals surface area contributed by atoms with Gasteiger partial charge in [-0.3, -0.25) is 9.59 Å². The zero-order chi connectivity index (χ0) is 17.0. The minimum Gasteiger partial charge on any atom is -0.497 e. The van der Waals surface area contributed by atoms with Gasteiger partial charge in [0.25, 0.3) is 0 Å². The molecule has 126 valence electrons. The van der Waals surface area contributed by atoms with E-state index in [1.54, 1.807) is 23.8 Å². The second-order valence-electron chi connectivity index (χ2n) is 6.64. The maximum atomic E-state index is 12.6. The maximum absolute atomic E-state index is 12.6. The van der Waals surface area contributed by atoms with Crippen molar-refractivity contribution in [2.45, 2.75) is 38.8 Å². The molecule has 23 heavy (non-hydrogen) atoms. The summed E-state index contributed by atoms with van der Waals surface area (Å²) in [5.74, 6) is 1.88. The minimum absolute atomic E-state index is 0.0192. The number of carbonyl (C=O) groups is 2. The normalized spacial score (nSPS) is 17.9. The van der Waals surface area contributed by atoms with Crippen LogP contribution in [0, 0.1) is 0 Å². The summed E-state index contributed by atoms with van der Waals surface area (Å²) in [7, 11) is 1.61. The molecule has 1 aliphatic heterocycles. The Hall–Kier alpha value is -1.69. The van der Waals surface area contributed by atoms with Crippen LogP contribution in [0.3, 0.4) is 0 Å². The smallest absolute Gasteiger partial charge is 0.244 e. The lowest BCUT2D eigenvalue weighted by Crippen LogP contribution is -2.52. The molecule has 1 N–H and O–H groups in total. The number of benzene rings is 1. The van der Waals surface area contributed by atoms with Crippen LogP contribution in [0.1, 0.15) is 26.3 Å². The molecule has 2 rings (SSSR count). The third-order valence-electron chi connectivity index (χ3n) is 3.52. The van der Waals surface area contributed by atoms with Crippen LogP contribution < -0.4 is 10.1 Å². The molecule has 1 atom stereocenters. The zero-order valence-corrected chi connectivity index (χ0v) is 14.9. The van der Waals surface area contributed by atoms with E-state index in [1.807, 2.05) is 45.0 Å². The van der Waals surface area contributed by atoms with E-state index in [0.717, 1.165) is 11.3 Å². The topological polar surface area (TPSA) is 58.6 Å². The first-order valence-electron chi connectivity index (χ1n) is 7.62. The van der Waals surface area contributed by atoms with Gasteiger partial charge in [0.2, 0.25) is 11.8 Å². The van der Waals surface area contributed by atoms with Gasteiger partial charge >= 0.3 is 0 Å². The van der Waals surface area contributed by atoms with Gasteiger partial charge < -0.3 is 15.0 Å². The molecule has 0 aliphatic carbocycles. The fraction of sp³-hybridized carbons (Fsp3) is 0.529. The van der Waals surface area contributed by atoms with E-state index in [9.17, 15) is 9.59 Å². The van der Waals surface area contributed by atoms with Gasteiger partial charge in [-0.25, -0.2) is 0 Å². The number of ether oxygens (including phenoxy) is 1. The number of methoxy groups -OCH3 is 1. The number of amides is 2. The number of nitrogens with one attached hydrogen (secondary N) is 1. The monoisotopic (exact) mass is 336 g/mol. The van der Waals surface area contributed by atoms with Gasteiger partial charge in [-0.1, -0.05) is 12.1 Å². The average Bonchev–Trinajstić information content (AvgIpc) is 2.96. The predicted octanol–water partition coefficient (Wildman–Crippen LogP) is 2.05. The number of carbonyl (C=O) groups excluding carboxylic acids is 2. The molecule has 0 bridgehead atoms. The standard InChI is InChI=1S/C17H24N2O3S/c1-17(2,3)18-16(21)14-10-23-11-19(14)15(20)9-12-5-7-13(22-4)8-6-12/h5-8,14H,9-11H2,1-4H3,(H,18,21)/t14-/m0/s1. The summed E-state index contributed by atoms with van der Waals surface area (Å²) >= 11 is 1.61. The summed E-state index contributed by atoms with van der Waals surface area (Å²) in [6.45, 7) is 5.82. The van der Waals surface area contributed by atoms with Crippen LogP contribution in [0.25, 0.3) is 0 Å². The van der Waals surface area contributed by atoms with Crippen molar-refractivity contribution >= 4 is 23.6 Å². The molecule has 0 radical (unpaired) electrons. The highest BCUT2D eigenvalue weighted by Crippen LogP contribution is 2.23. The van der Waals surface area contributed by atoms with Crippen LogP contribution in [0.4, 0.5) is 0 Å². The lowest BCUT2D eigenvalue weighted by atomic mass is 10.1. The number of thioether (sulfide) groups is 1. The molecule has 0 spiro atoms. The number of nitrogens with zero attached hydrogens (tertiary/aromatic N) is 1. The van der Waals surface area contributed by atoms with Crippen molar-refractivity contribution in [2.75, 3.05) is 18.7 Å². The number of hydrogen-bond donors (Lipinski definition) is 1. The van der Waals surface area contributed by atoms with Crippen molar-refractivity contribution in [1.29, 1.82) is 0 Å². The molecule has 0 aromatic heterocycles. The molecule has 6 heteroatoms. The third-order valence-corrected chi connectivity index (χ3v) is 4.53. The Morgan fingerprint density at radius 3 is 2.52 bits per heavy atom. The van der Waals surface area contributed by atoms with Crippen LogP contribution in [-0.4, -0.2) is 47.0 Å². The predicted molar refractivity (Wildman–Crippen MR) is 92.6 cm³/mol. The summed E-state index contributed by atoms with van der Waals surface area (Å²) < 4.78 is 5.12. The van der Waals surface area contributed by atoms with Crippen LogP contribution in [-0.2, 0) is 16.0 Å². The fourth-order valence-electron chi connectivity index (χ4n) is 2.38.